The first-order valence-electron chi connectivity index (χ1n) is 5.88. The van der Waals surface area contributed by atoms with Crippen molar-refractivity contribution in [1.82, 2.24) is 15.1 Å². The summed E-state index contributed by atoms with van der Waals surface area (Å²) in [5.41, 5.74) is 3.03. The summed E-state index contributed by atoms with van der Waals surface area (Å²) in [5.74, 6) is 0.413. The molecule has 0 aliphatic carbocycles. The molecule has 1 aromatic heterocycles. The Kier molecular flexibility index (Phi) is 4.49. The molecule has 17 heavy (non-hydrogen) atoms. The molecule has 0 saturated heterocycles. The fourth-order valence-corrected chi connectivity index (χ4v) is 1.55. The maximum absolute atomic E-state index is 11.5. The van der Waals surface area contributed by atoms with Gasteiger partial charge in [0.1, 0.15) is 0 Å². The maximum atomic E-state index is 11.5. The molecular formula is C13H21N3O. The summed E-state index contributed by atoms with van der Waals surface area (Å²) in [6.45, 7) is 8.78. The lowest BCUT2D eigenvalue weighted by molar-refractivity contribution is -0.116. The van der Waals surface area contributed by atoms with Crippen molar-refractivity contribution in [1.29, 1.82) is 0 Å². The quantitative estimate of drug-likeness (QED) is 0.809. The van der Waals surface area contributed by atoms with E-state index in [1.54, 1.807) is 6.08 Å². The van der Waals surface area contributed by atoms with Crippen molar-refractivity contribution < 1.29 is 4.79 Å². The molecule has 0 bridgehead atoms. The van der Waals surface area contributed by atoms with Crippen molar-refractivity contribution in [2.45, 2.75) is 27.7 Å². The van der Waals surface area contributed by atoms with E-state index >= 15 is 0 Å². The fraction of sp³-hybridized carbons (Fsp3) is 0.538. The van der Waals surface area contributed by atoms with E-state index in [0.717, 1.165) is 17.0 Å². The van der Waals surface area contributed by atoms with Crippen LogP contribution in [0.2, 0.25) is 0 Å². The highest BCUT2D eigenvalue weighted by molar-refractivity contribution is 5.91. The van der Waals surface area contributed by atoms with Crippen LogP contribution in [0.1, 0.15) is 30.8 Å². The molecule has 0 radical (unpaired) electrons. The monoisotopic (exact) mass is 235 g/mol. The van der Waals surface area contributed by atoms with E-state index in [1.165, 1.54) is 0 Å². The Balaban J connectivity index is 2.67. The van der Waals surface area contributed by atoms with E-state index in [2.05, 4.69) is 24.3 Å². The molecule has 1 amide bonds. The number of hydrogen-bond acceptors (Lipinski definition) is 2. The van der Waals surface area contributed by atoms with Gasteiger partial charge < -0.3 is 5.32 Å². The second-order valence-electron chi connectivity index (χ2n) is 4.68. The summed E-state index contributed by atoms with van der Waals surface area (Å²) in [5, 5.41) is 7.14. The van der Waals surface area contributed by atoms with E-state index in [-0.39, 0.29) is 5.91 Å². The number of amides is 1. The molecule has 0 saturated carbocycles. The van der Waals surface area contributed by atoms with Crippen molar-refractivity contribution in [2.24, 2.45) is 13.0 Å². The average molecular weight is 235 g/mol. The molecule has 1 N–H and O–H groups in total. The summed E-state index contributed by atoms with van der Waals surface area (Å²) in [4.78, 5) is 11.5. The van der Waals surface area contributed by atoms with Crippen LogP contribution < -0.4 is 5.32 Å². The summed E-state index contributed by atoms with van der Waals surface area (Å²) >= 11 is 0. The first-order chi connectivity index (χ1) is 7.91. The topological polar surface area (TPSA) is 46.9 Å². The maximum Gasteiger partial charge on any atom is 0.244 e. The zero-order chi connectivity index (χ0) is 13.0. The molecule has 0 spiro atoms. The van der Waals surface area contributed by atoms with Gasteiger partial charge in [0.05, 0.1) is 5.69 Å². The minimum absolute atomic E-state index is 0.0543. The molecule has 0 aliphatic heterocycles. The van der Waals surface area contributed by atoms with Crippen LogP contribution in [-0.4, -0.2) is 22.2 Å². The van der Waals surface area contributed by atoms with Crippen LogP contribution in [0.5, 0.6) is 0 Å². The molecule has 1 heterocycles. The van der Waals surface area contributed by atoms with E-state index in [4.69, 9.17) is 0 Å². The molecule has 94 valence electrons. The van der Waals surface area contributed by atoms with E-state index in [1.807, 2.05) is 31.7 Å². The Morgan fingerprint density at radius 2 is 2.12 bits per heavy atom. The van der Waals surface area contributed by atoms with Gasteiger partial charge in [-0.25, -0.2) is 0 Å². The summed E-state index contributed by atoms with van der Waals surface area (Å²) in [6, 6.07) is 0. The summed E-state index contributed by atoms with van der Waals surface area (Å²) in [7, 11) is 1.90. The standard InChI is InChI=1S/C13H21N3O/c1-9(2)8-14-13(17)7-6-12-10(3)15-16(5)11(12)4/h6-7,9H,8H2,1-5H3,(H,14,17). The van der Waals surface area contributed by atoms with Gasteiger partial charge in [0.15, 0.2) is 0 Å². The van der Waals surface area contributed by atoms with Crippen LogP contribution >= 0.6 is 0 Å². The van der Waals surface area contributed by atoms with E-state index in [9.17, 15) is 4.79 Å². The Morgan fingerprint density at radius 1 is 1.47 bits per heavy atom. The third-order valence-electron chi connectivity index (χ3n) is 2.65. The molecule has 0 unspecified atom stereocenters. The highest BCUT2D eigenvalue weighted by Crippen LogP contribution is 2.13. The van der Waals surface area contributed by atoms with Crippen LogP contribution in [-0.2, 0) is 11.8 Å². The predicted octanol–water partition coefficient (Wildman–Crippen LogP) is 1.82. The first-order valence-corrected chi connectivity index (χ1v) is 5.88. The van der Waals surface area contributed by atoms with Crippen molar-refractivity contribution in [3.63, 3.8) is 0 Å². The molecule has 0 atom stereocenters. The van der Waals surface area contributed by atoms with Gasteiger partial charge in [-0.2, -0.15) is 5.10 Å². The van der Waals surface area contributed by atoms with Crippen LogP contribution in [0.15, 0.2) is 6.08 Å². The number of rotatable bonds is 4. The van der Waals surface area contributed by atoms with Gasteiger partial charge in [0.25, 0.3) is 0 Å². The molecule has 0 aromatic carbocycles. The van der Waals surface area contributed by atoms with Gasteiger partial charge in [0, 0.05) is 30.9 Å². The number of carbonyl (C=O) groups is 1. The third kappa shape index (κ3) is 3.73. The second-order valence-corrected chi connectivity index (χ2v) is 4.68. The average Bonchev–Trinajstić information content (AvgIpc) is 2.48. The van der Waals surface area contributed by atoms with Gasteiger partial charge in [0.2, 0.25) is 5.91 Å². The zero-order valence-corrected chi connectivity index (χ0v) is 11.2. The van der Waals surface area contributed by atoms with Crippen LogP contribution in [0.25, 0.3) is 6.08 Å². The third-order valence-corrected chi connectivity index (χ3v) is 2.65. The van der Waals surface area contributed by atoms with Gasteiger partial charge in [-0.05, 0) is 25.8 Å². The molecule has 1 aromatic rings. The largest absolute Gasteiger partial charge is 0.352 e. The summed E-state index contributed by atoms with van der Waals surface area (Å²) < 4.78 is 1.82. The normalized spacial score (nSPS) is 11.4. The van der Waals surface area contributed by atoms with Gasteiger partial charge >= 0.3 is 0 Å². The fourth-order valence-electron chi connectivity index (χ4n) is 1.55. The Bertz CT molecular complexity index is 430. The van der Waals surface area contributed by atoms with Crippen molar-refractivity contribution in [2.75, 3.05) is 6.54 Å². The number of carbonyl (C=O) groups excluding carboxylic acids is 1. The molecule has 0 fully saturated rings. The zero-order valence-electron chi connectivity index (χ0n) is 11.2. The van der Waals surface area contributed by atoms with Gasteiger partial charge in [-0.1, -0.05) is 13.8 Å². The minimum atomic E-state index is -0.0543. The van der Waals surface area contributed by atoms with E-state index in [0.29, 0.717) is 12.5 Å². The van der Waals surface area contributed by atoms with Crippen molar-refractivity contribution in [3.05, 3.63) is 23.0 Å². The number of hydrogen-bond donors (Lipinski definition) is 1. The minimum Gasteiger partial charge on any atom is -0.352 e. The Morgan fingerprint density at radius 3 is 2.59 bits per heavy atom. The first kappa shape index (κ1) is 13.5. The molecular weight excluding hydrogens is 214 g/mol. The van der Waals surface area contributed by atoms with Crippen LogP contribution in [0, 0.1) is 19.8 Å². The Labute approximate surface area is 103 Å². The summed E-state index contributed by atoms with van der Waals surface area (Å²) in [6.07, 6.45) is 3.40. The lowest BCUT2D eigenvalue weighted by Gasteiger charge is -2.04. The lowest BCUT2D eigenvalue weighted by atomic mass is 10.2. The molecule has 4 heteroatoms. The number of nitrogens with one attached hydrogen (secondary N) is 1. The van der Waals surface area contributed by atoms with Crippen LogP contribution in [0.4, 0.5) is 0 Å². The highest BCUT2D eigenvalue weighted by Gasteiger charge is 2.06. The van der Waals surface area contributed by atoms with Crippen molar-refractivity contribution in [3.8, 4) is 0 Å². The molecule has 1 rings (SSSR count). The van der Waals surface area contributed by atoms with E-state index < -0.39 is 0 Å². The Hall–Kier alpha value is -1.58. The SMILES string of the molecule is Cc1nn(C)c(C)c1C=CC(=O)NCC(C)C. The number of nitrogens with zero attached hydrogens (tertiary/aromatic N) is 2. The smallest absolute Gasteiger partial charge is 0.244 e. The second kappa shape index (κ2) is 5.66. The molecule has 0 aliphatic rings. The predicted molar refractivity (Wildman–Crippen MR) is 69.6 cm³/mol. The van der Waals surface area contributed by atoms with Crippen molar-refractivity contribution >= 4 is 12.0 Å². The van der Waals surface area contributed by atoms with Crippen LogP contribution in [0.3, 0.4) is 0 Å². The number of aromatic nitrogens is 2. The van der Waals surface area contributed by atoms with Gasteiger partial charge in [-0.3, -0.25) is 9.48 Å². The highest BCUT2D eigenvalue weighted by atomic mass is 16.1. The lowest BCUT2D eigenvalue weighted by Crippen LogP contribution is -2.25. The van der Waals surface area contributed by atoms with Gasteiger partial charge in [-0.15, -0.1) is 0 Å². The number of aryl methyl sites for hydroxylation is 2. The molecule has 4 nitrogen and oxygen atoms in total.